The Morgan fingerprint density at radius 3 is 2.50 bits per heavy atom. The lowest BCUT2D eigenvalue weighted by molar-refractivity contribution is -0.139. The number of nitrogens with one attached hydrogen (secondary N) is 2. The summed E-state index contributed by atoms with van der Waals surface area (Å²) in [5.74, 6) is -3.38. The van der Waals surface area contributed by atoms with E-state index in [1.165, 1.54) is 6.07 Å². The van der Waals surface area contributed by atoms with Crippen molar-refractivity contribution in [2.75, 3.05) is 37.8 Å². The van der Waals surface area contributed by atoms with E-state index in [4.69, 9.17) is 5.11 Å². The van der Waals surface area contributed by atoms with Gasteiger partial charge in [-0.25, -0.2) is 4.39 Å². The highest BCUT2D eigenvalue weighted by molar-refractivity contribution is 6.09. The van der Waals surface area contributed by atoms with Crippen molar-refractivity contribution >= 4 is 34.3 Å². The fourth-order valence-electron chi connectivity index (χ4n) is 3.50. The van der Waals surface area contributed by atoms with Gasteiger partial charge in [0.1, 0.15) is 12.7 Å². The van der Waals surface area contributed by atoms with Gasteiger partial charge in [0, 0.05) is 37.8 Å². The third-order valence-corrected chi connectivity index (χ3v) is 5.05. The largest absolute Gasteiger partial charge is 0.481 e. The van der Waals surface area contributed by atoms with E-state index < -0.39 is 48.5 Å². The Morgan fingerprint density at radius 1 is 1.22 bits per heavy atom. The number of piperazine rings is 1. The van der Waals surface area contributed by atoms with Gasteiger partial charge in [-0.1, -0.05) is 6.07 Å². The number of rotatable bonds is 7. The zero-order valence-electron chi connectivity index (χ0n) is 16.7. The molecule has 1 saturated heterocycles. The van der Waals surface area contributed by atoms with Crippen molar-refractivity contribution in [3.8, 4) is 0 Å². The first-order chi connectivity index (χ1) is 15.1. The van der Waals surface area contributed by atoms with E-state index in [0.717, 1.165) is 18.3 Å². The number of alkyl halides is 4. The van der Waals surface area contributed by atoms with Crippen LogP contribution < -0.4 is 15.5 Å². The van der Waals surface area contributed by atoms with E-state index in [0.29, 0.717) is 37.3 Å². The van der Waals surface area contributed by atoms with Crippen molar-refractivity contribution in [1.29, 1.82) is 0 Å². The molecule has 1 aliphatic rings. The molecule has 1 atom stereocenters. The minimum absolute atomic E-state index is 0.0202. The number of aliphatic carboxylic acids is 1. The van der Waals surface area contributed by atoms with Crippen molar-refractivity contribution in [2.45, 2.75) is 18.6 Å². The molecule has 0 aliphatic carbocycles. The average molecular weight is 456 g/mol. The molecule has 1 fully saturated rings. The number of aromatic nitrogens is 1. The van der Waals surface area contributed by atoms with Gasteiger partial charge < -0.3 is 20.6 Å². The molecular formula is C20H20F4N4O4. The molecule has 0 spiro atoms. The van der Waals surface area contributed by atoms with Crippen LogP contribution in [0.4, 0.5) is 23.2 Å². The third kappa shape index (κ3) is 5.13. The van der Waals surface area contributed by atoms with Gasteiger partial charge in [0.25, 0.3) is 5.91 Å². The lowest BCUT2D eigenvalue weighted by Crippen LogP contribution is -2.46. The molecule has 1 aromatic carbocycles. The summed E-state index contributed by atoms with van der Waals surface area (Å²) < 4.78 is 52.2. The highest BCUT2D eigenvalue weighted by Crippen LogP contribution is 2.35. The molecule has 0 bridgehead atoms. The van der Waals surface area contributed by atoms with Crippen LogP contribution in [0.15, 0.2) is 24.4 Å². The van der Waals surface area contributed by atoms with Crippen molar-refractivity contribution in [2.24, 2.45) is 0 Å². The number of carbonyl (C=O) groups excluding carboxylic acids is 2. The van der Waals surface area contributed by atoms with Gasteiger partial charge in [-0.3, -0.25) is 19.4 Å². The second-order valence-corrected chi connectivity index (χ2v) is 7.21. The molecule has 3 rings (SSSR count). The average Bonchev–Trinajstić information content (AvgIpc) is 2.76. The minimum Gasteiger partial charge on any atom is -0.481 e. The first-order valence-corrected chi connectivity index (χ1v) is 9.68. The number of benzene rings is 1. The van der Waals surface area contributed by atoms with Crippen LogP contribution in [0.3, 0.4) is 0 Å². The quantitative estimate of drug-likeness (QED) is 0.545. The summed E-state index contributed by atoms with van der Waals surface area (Å²) >= 11 is 0. The highest BCUT2D eigenvalue weighted by atomic mass is 19.4. The summed E-state index contributed by atoms with van der Waals surface area (Å²) in [4.78, 5) is 41.5. The van der Waals surface area contributed by atoms with Crippen LogP contribution in [0, 0.1) is 0 Å². The fraction of sp³-hybridized carbons (Fsp3) is 0.400. The smallest absolute Gasteiger partial charge is 0.416 e. The Hall–Kier alpha value is -3.28. The van der Waals surface area contributed by atoms with Gasteiger partial charge in [0.05, 0.1) is 28.8 Å². The number of halogens is 4. The number of carbonyl (C=O) groups is 3. The highest BCUT2D eigenvalue weighted by Gasteiger charge is 2.32. The van der Waals surface area contributed by atoms with Crippen molar-refractivity contribution in [1.82, 2.24) is 15.6 Å². The zero-order valence-corrected chi connectivity index (χ0v) is 16.7. The van der Waals surface area contributed by atoms with Gasteiger partial charge in [-0.15, -0.1) is 0 Å². The number of hydrogen-bond donors (Lipinski definition) is 3. The van der Waals surface area contributed by atoms with Crippen LogP contribution in [0.5, 0.6) is 0 Å². The Labute approximate surface area is 179 Å². The molecule has 32 heavy (non-hydrogen) atoms. The normalized spacial score (nSPS) is 15.4. The number of carboxylic acids is 1. The molecule has 1 amide bonds. The van der Waals surface area contributed by atoms with Gasteiger partial charge in [0.15, 0.2) is 5.78 Å². The maximum Gasteiger partial charge on any atom is 0.416 e. The van der Waals surface area contributed by atoms with E-state index in [1.807, 2.05) is 0 Å². The molecule has 1 unspecified atom stereocenters. The number of amides is 1. The van der Waals surface area contributed by atoms with Crippen LogP contribution in [-0.4, -0.2) is 66.6 Å². The van der Waals surface area contributed by atoms with Gasteiger partial charge >= 0.3 is 12.1 Å². The summed E-state index contributed by atoms with van der Waals surface area (Å²) in [6.07, 6.45) is -4.31. The molecule has 3 N–H and O–H groups in total. The first-order valence-electron chi connectivity index (χ1n) is 9.68. The summed E-state index contributed by atoms with van der Waals surface area (Å²) in [7, 11) is 0. The number of Topliss-reactive ketones (excluding diaryl/α,β-unsaturated/α-hetero) is 1. The molecule has 2 aromatic rings. The monoisotopic (exact) mass is 456 g/mol. The van der Waals surface area contributed by atoms with Crippen LogP contribution >= 0.6 is 0 Å². The Morgan fingerprint density at radius 2 is 1.91 bits per heavy atom. The molecule has 0 radical (unpaired) electrons. The molecule has 172 valence electrons. The standard InChI is InChI=1S/C20H20F4N4O4/c21-9-16(29)15(8-17(30)31)27-19(32)13-10-26-14-7-11(20(22,23)24)1-2-12(14)18(13)28-5-3-25-4-6-28/h1-2,7,10,15,25H,3-6,8-9H2,(H,27,32)(H,30,31). The minimum atomic E-state index is -4.57. The summed E-state index contributed by atoms with van der Waals surface area (Å²) in [5.41, 5.74) is -0.617. The van der Waals surface area contributed by atoms with Gasteiger partial charge in [-0.2, -0.15) is 13.2 Å². The number of ketones is 1. The number of anilines is 1. The third-order valence-electron chi connectivity index (χ3n) is 5.05. The van der Waals surface area contributed by atoms with Crippen molar-refractivity contribution < 1.29 is 37.1 Å². The topological polar surface area (TPSA) is 112 Å². The van der Waals surface area contributed by atoms with Crippen LogP contribution in [0.1, 0.15) is 22.3 Å². The molecule has 1 aliphatic heterocycles. The maximum atomic E-state index is 13.1. The summed E-state index contributed by atoms with van der Waals surface area (Å²) in [5, 5.41) is 14.6. The number of pyridine rings is 1. The van der Waals surface area contributed by atoms with Crippen LogP contribution in [0.2, 0.25) is 0 Å². The summed E-state index contributed by atoms with van der Waals surface area (Å²) in [6, 6.07) is 1.39. The van der Waals surface area contributed by atoms with Crippen molar-refractivity contribution in [3.05, 3.63) is 35.5 Å². The maximum absolute atomic E-state index is 13.1. The second-order valence-electron chi connectivity index (χ2n) is 7.21. The lowest BCUT2D eigenvalue weighted by atomic mass is 10.0. The van der Waals surface area contributed by atoms with Crippen LogP contribution in [-0.2, 0) is 15.8 Å². The van der Waals surface area contributed by atoms with Crippen LogP contribution in [0.25, 0.3) is 10.9 Å². The lowest BCUT2D eigenvalue weighted by Gasteiger charge is -2.32. The number of nitrogens with zero attached hydrogens (tertiary/aromatic N) is 2. The second kappa shape index (κ2) is 9.47. The van der Waals surface area contributed by atoms with E-state index in [2.05, 4.69) is 15.6 Å². The SMILES string of the molecule is O=C(O)CC(NC(=O)c1cnc2cc(C(F)(F)F)ccc2c1N1CCNCC1)C(=O)CF. The molecule has 1 aromatic heterocycles. The van der Waals surface area contributed by atoms with E-state index in [1.54, 1.807) is 4.90 Å². The summed E-state index contributed by atoms with van der Waals surface area (Å²) in [6.45, 7) is 0.560. The van der Waals surface area contributed by atoms with Gasteiger partial charge in [-0.05, 0) is 12.1 Å². The molecule has 8 nitrogen and oxygen atoms in total. The van der Waals surface area contributed by atoms with E-state index >= 15 is 0 Å². The number of carboxylic acid groups (broad SMARTS) is 1. The molecule has 2 heterocycles. The predicted molar refractivity (Wildman–Crippen MR) is 106 cm³/mol. The molecule has 12 heteroatoms. The Bertz CT molecular complexity index is 1040. The zero-order chi connectivity index (χ0) is 23.5. The van der Waals surface area contributed by atoms with Crippen molar-refractivity contribution in [3.63, 3.8) is 0 Å². The molecular weight excluding hydrogens is 436 g/mol. The van der Waals surface area contributed by atoms with Gasteiger partial charge in [0.2, 0.25) is 0 Å². The fourth-order valence-corrected chi connectivity index (χ4v) is 3.50. The number of hydrogen-bond acceptors (Lipinski definition) is 6. The predicted octanol–water partition coefficient (Wildman–Crippen LogP) is 1.77. The Balaban J connectivity index is 2.07. The van der Waals surface area contributed by atoms with E-state index in [9.17, 15) is 31.9 Å². The number of fused-ring (bicyclic) bond motifs is 1. The van der Waals surface area contributed by atoms with E-state index in [-0.39, 0.29) is 11.1 Å². The Kier molecular flexibility index (Phi) is 6.92. The first kappa shape index (κ1) is 23.4. The molecule has 0 saturated carbocycles.